The number of benzene rings is 1. The molecule has 0 fully saturated rings. The molecule has 0 aliphatic heterocycles. The van der Waals surface area contributed by atoms with Gasteiger partial charge in [0.2, 0.25) is 5.91 Å². The van der Waals surface area contributed by atoms with Crippen molar-refractivity contribution in [3.63, 3.8) is 0 Å². The first-order valence-electron chi connectivity index (χ1n) is 7.28. The van der Waals surface area contributed by atoms with Crippen LogP contribution in [0, 0.1) is 6.92 Å². The summed E-state index contributed by atoms with van der Waals surface area (Å²) in [6.07, 6.45) is 0.532. The van der Waals surface area contributed by atoms with Gasteiger partial charge in [-0.1, -0.05) is 29.8 Å². The van der Waals surface area contributed by atoms with Crippen molar-refractivity contribution in [3.8, 4) is 0 Å². The second-order valence-corrected chi connectivity index (χ2v) is 6.52. The van der Waals surface area contributed by atoms with Crippen molar-refractivity contribution in [2.24, 2.45) is 0 Å². The van der Waals surface area contributed by atoms with Gasteiger partial charge < -0.3 is 10.2 Å². The number of nitrogens with zero attached hydrogens (tertiary/aromatic N) is 1. The largest absolute Gasteiger partial charge is 0.339 e. The summed E-state index contributed by atoms with van der Waals surface area (Å²) in [5.74, 6) is 0.176. The SMILES string of the molecule is Cc1ccc(C(C)N(C)C(=O)CCNC(C)(C)C)cc1. The molecular formula is C17H28N2O. The van der Waals surface area contributed by atoms with Crippen molar-refractivity contribution in [1.82, 2.24) is 10.2 Å². The predicted molar refractivity (Wildman–Crippen MR) is 84.7 cm³/mol. The second-order valence-electron chi connectivity index (χ2n) is 6.52. The normalized spacial score (nSPS) is 13.1. The van der Waals surface area contributed by atoms with Gasteiger partial charge in [-0.2, -0.15) is 0 Å². The molecule has 0 aliphatic rings. The summed E-state index contributed by atoms with van der Waals surface area (Å²) in [6.45, 7) is 11.2. The van der Waals surface area contributed by atoms with Gasteiger partial charge in [0.15, 0.2) is 0 Å². The maximum absolute atomic E-state index is 12.2. The fraction of sp³-hybridized carbons (Fsp3) is 0.588. The minimum Gasteiger partial charge on any atom is -0.339 e. The number of rotatable bonds is 5. The van der Waals surface area contributed by atoms with Crippen molar-refractivity contribution in [2.45, 2.75) is 52.6 Å². The van der Waals surface area contributed by atoms with Crippen LogP contribution >= 0.6 is 0 Å². The molecule has 0 saturated carbocycles. The van der Waals surface area contributed by atoms with E-state index in [2.05, 4.69) is 64.2 Å². The summed E-state index contributed by atoms with van der Waals surface area (Å²) in [5, 5.41) is 3.35. The standard InChI is InChI=1S/C17H28N2O/c1-13-7-9-15(10-8-13)14(2)19(6)16(20)11-12-18-17(3,4)5/h7-10,14,18H,11-12H2,1-6H3. The van der Waals surface area contributed by atoms with Gasteiger partial charge in [-0.3, -0.25) is 4.79 Å². The summed E-state index contributed by atoms with van der Waals surface area (Å²) in [6, 6.07) is 8.48. The zero-order chi connectivity index (χ0) is 15.3. The molecule has 1 N–H and O–H groups in total. The Balaban J connectivity index is 2.53. The minimum absolute atomic E-state index is 0.0570. The third-order valence-electron chi connectivity index (χ3n) is 3.53. The number of hydrogen-bond acceptors (Lipinski definition) is 2. The van der Waals surface area contributed by atoms with Gasteiger partial charge in [0.1, 0.15) is 0 Å². The van der Waals surface area contributed by atoms with Crippen molar-refractivity contribution in [1.29, 1.82) is 0 Å². The highest BCUT2D eigenvalue weighted by molar-refractivity contribution is 5.76. The Labute approximate surface area is 123 Å². The summed E-state index contributed by atoms with van der Waals surface area (Å²) >= 11 is 0. The molecule has 1 rings (SSSR count). The van der Waals surface area contributed by atoms with Gasteiger partial charge in [-0.25, -0.2) is 0 Å². The highest BCUT2D eigenvalue weighted by Gasteiger charge is 2.17. The van der Waals surface area contributed by atoms with E-state index in [9.17, 15) is 4.79 Å². The lowest BCUT2D eigenvalue weighted by Gasteiger charge is -2.27. The molecule has 0 radical (unpaired) electrons. The first-order valence-corrected chi connectivity index (χ1v) is 7.28. The Morgan fingerprint density at radius 1 is 1.25 bits per heavy atom. The molecule has 3 heteroatoms. The van der Waals surface area contributed by atoms with Crippen molar-refractivity contribution in [2.75, 3.05) is 13.6 Å². The lowest BCUT2D eigenvalue weighted by atomic mass is 10.1. The summed E-state index contributed by atoms with van der Waals surface area (Å²) < 4.78 is 0. The molecule has 0 bridgehead atoms. The first-order chi connectivity index (χ1) is 9.20. The molecule has 1 unspecified atom stereocenters. The van der Waals surface area contributed by atoms with Crippen LogP contribution in [0.15, 0.2) is 24.3 Å². The molecule has 1 amide bonds. The third kappa shape index (κ3) is 5.33. The van der Waals surface area contributed by atoms with E-state index in [0.717, 1.165) is 0 Å². The van der Waals surface area contributed by atoms with Gasteiger partial charge in [-0.05, 0) is 40.2 Å². The average Bonchev–Trinajstić information content (AvgIpc) is 2.36. The number of carbonyl (C=O) groups is 1. The van der Waals surface area contributed by atoms with Crippen LogP contribution in [0.4, 0.5) is 0 Å². The molecule has 20 heavy (non-hydrogen) atoms. The molecular weight excluding hydrogens is 248 g/mol. The van der Waals surface area contributed by atoms with Crippen molar-refractivity contribution in [3.05, 3.63) is 35.4 Å². The summed E-state index contributed by atoms with van der Waals surface area (Å²) in [4.78, 5) is 14.0. The van der Waals surface area contributed by atoms with E-state index < -0.39 is 0 Å². The lowest BCUT2D eigenvalue weighted by Crippen LogP contribution is -2.39. The van der Waals surface area contributed by atoms with Gasteiger partial charge in [-0.15, -0.1) is 0 Å². The summed E-state index contributed by atoms with van der Waals surface area (Å²) in [5.41, 5.74) is 2.47. The molecule has 1 aromatic carbocycles. The molecule has 0 heterocycles. The number of amides is 1. The maximum Gasteiger partial charge on any atom is 0.224 e. The highest BCUT2D eigenvalue weighted by atomic mass is 16.2. The molecule has 1 atom stereocenters. The Morgan fingerprint density at radius 2 is 1.80 bits per heavy atom. The second kappa shape index (κ2) is 6.89. The fourth-order valence-corrected chi connectivity index (χ4v) is 2.01. The quantitative estimate of drug-likeness (QED) is 0.895. The lowest BCUT2D eigenvalue weighted by molar-refractivity contribution is -0.131. The molecule has 1 aromatic rings. The van der Waals surface area contributed by atoms with Crippen LogP contribution in [-0.2, 0) is 4.79 Å². The Kier molecular flexibility index (Phi) is 5.75. The smallest absolute Gasteiger partial charge is 0.224 e. The fourth-order valence-electron chi connectivity index (χ4n) is 2.01. The van der Waals surface area contributed by atoms with Crippen LogP contribution in [0.25, 0.3) is 0 Å². The van der Waals surface area contributed by atoms with Crippen LogP contribution in [0.5, 0.6) is 0 Å². The maximum atomic E-state index is 12.2. The van der Waals surface area contributed by atoms with E-state index in [1.807, 2.05) is 11.9 Å². The van der Waals surface area contributed by atoms with E-state index in [-0.39, 0.29) is 17.5 Å². The zero-order valence-corrected chi connectivity index (χ0v) is 13.7. The van der Waals surface area contributed by atoms with E-state index in [1.54, 1.807) is 0 Å². The van der Waals surface area contributed by atoms with Crippen LogP contribution in [0.1, 0.15) is 51.3 Å². The Hall–Kier alpha value is -1.35. The number of nitrogens with one attached hydrogen (secondary N) is 1. The number of hydrogen-bond donors (Lipinski definition) is 1. The van der Waals surface area contributed by atoms with Gasteiger partial charge in [0.25, 0.3) is 0 Å². The van der Waals surface area contributed by atoms with Gasteiger partial charge >= 0.3 is 0 Å². The van der Waals surface area contributed by atoms with Crippen molar-refractivity contribution < 1.29 is 4.79 Å². The molecule has 3 nitrogen and oxygen atoms in total. The number of carbonyl (C=O) groups excluding carboxylic acids is 1. The van der Waals surface area contributed by atoms with E-state index in [0.29, 0.717) is 13.0 Å². The van der Waals surface area contributed by atoms with Crippen LogP contribution < -0.4 is 5.32 Å². The monoisotopic (exact) mass is 276 g/mol. The van der Waals surface area contributed by atoms with E-state index in [4.69, 9.17) is 0 Å². The molecule has 0 saturated heterocycles. The average molecular weight is 276 g/mol. The molecule has 0 spiro atoms. The molecule has 0 aromatic heterocycles. The predicted octanol–water partition coefficient (Wildman–Crippen LogP) is 3.29. The topological polar surface area (TPSA) is 32.3 Å². The third-order valence-corrected chi connectivity index (χ3v) is 3.53. The molecule has 0 aliphatic carbocycles. The Morgan fingerprint density at radius 3 is 2.30 bits per heavy atom. The Bertz CT molecular complexity index is 431. The van der Waals surface area contributed by atoms with Crippen molar-refractivity contribution >= 4 is 5.91 Å². The van der Waals surface area contributed by atoms with Crippen LogP contribution in [0.2, 0.25) is 0 Å². The van der Waals surface area contributed by atoms with E-state index in [1.165, 1.54) is 11.1 Å². The van der Waals surface area contributed by atoms with Gasteiger partial charge in [0.05, 0.1) is 6.04 Å². The first kappa shape index (κ1) is 16.7. The number of aryl methyl sites for hydroxylation is 1. The van der Waals surface area contributed by atoms with Crippen LogP contribution in [-0.4, -0.2) is 29.9 Å². The minimum atomic E-state index is 0.0570. The highest BCUT2D eigenvalue weighted by Crippen LogP contribution is 2.19. The summed E-state index contributed by atoms with van der Waals surface area (Å²) in [7, 11) is 1.88. The van der Waals surface area contributed by atoms with E-state index >= 15 is 0 Å². The van der Waals surface area contributed by atoms with Gasteiger partial charge in [0, 0.05) is 25.6 Å². The zero-order valence-electron chi connectivity index (χ0n) is 13.7. The van der Waals surface area contributed by atoms with Crippen LogP contribution in [0.3, 0.4) is 0 Å². The molecule has 112 valence electrons.